The van der Waals surface area contributed by atoms with Gasteiger partial charge in [-0.05, 0) is 35.8 Å². The molecule has 2 heterocycles. The average Bonchev–Trinajstić information content (AvgIpc) is 2.35. The van der Waals surface area contributed by atoms with Crippen LogP contribution in [0.3, 0.4) is 0 Å². The number of nitrogens with zero attached hydrogens (tertiary/aromatic N) is 2. The average molecular weight is 342 g/mol. The number of anilines is 1. The van der Waals surface area contributed by atoms with Gasteiger partial charge in [0.1, 0.15) is 5.82 Å². The molecule has 0 spiro atoms. The Hall–Kier alpha value is -0.650. The zero-order valence-corrected chi connectivity index (χ0v) is 14.3. The lowest BCUT2D eigenvalue weighted by Gasteiger charge is -2.39. The van der Waals surface area contributed by atoms with Gasteiger partial charge in [-0.15, -0.1) is 0 Å². The molecule has 0 aliphatic carbocycles. The number of morpholine rings is 1. The molecule has 0 bridgehead atoms. The van der Waals surface area contributed by atoms with Gasteiger partial charge >= 0.3 is 0 Å². The van der Waals surface area contributed by atoms with Crippen molar-refractivity contribution in [2.45, 2.75) is 45.9 Å². The summed E-state index contributed by atoms with van der Waals surface area (Å²) in [6.07, 6.45) is 1.87. The topological polar surface area (TPSA) is 37.4 Å². The maximum absolute atomic E-state index is 5.78. The monoisotopic (exact) mass is 341 g/mol. The summed E-state index contributed by atoms with van der Waals surface area (Å²) in [7, 11) is 0. The van der Waals surface area contributed by atoms with E-state index in [9.17, 15) is 0 Å². The van der Waals surface area contributed by atoms with E-state index in [2.05, 4.69) is 64.9 Å². The summed E-state index contributed by atoms with van der Waals surface area (Å²) in [4.78, 5) is 6.96. The van der Waals surface area contributed by atoms with Gasteiger partial charge in [-0.1, -0.05) is 13.8 Å². The van der Waals surface area contributed by atoms with Crippen LogP contribution in [0.4, 0.5) is 5.82 Å². The lowest BCUT2D eigenvalue weighted by Crippen LogP contribution is -2.49. The predicted octanol–water partition coefficient (Wildman–Crippen LogP) is 2.96. The zero-order chi connectivity index (χ0) is 14.8. The van der Waals surface area contributed by atoms with Crippen LogP contribution in [0.5, 0.6) is 0 Å². The van der Waals surface area contributed by atoms with Crippen molar-refractivity contribution in [2.75, 3.05) is 24.6 Å². The highest BCUT2D eigenvalue weighted by atomic mass is 79.9. The van der Waals surface area contributed by atoms with Gasteiger partial charge in [-0.25, -0.2) is 4.98 Å². The Bertz CT molecular complexity index is 462. The van der Waals surface area contributed by atoms with Crippen LogP contribution in [0.1, 0.15) is 33.3 Å². The Morgan fingerprint density at radius 1 is 1.50 bits per heavy atom. The molecule has 4 nitrogen and oxygen atoms in total. The first-order chi connectivity index (χ1) is 9.37. The number of nitrogens with one attached hydrogen (secondary N) is 1. The summed E-state index contributed by atoms with van der Waals surface area (Å²) in [6, 6.07) is 2.61. The van der Waals surface area contributed by atoms with E-state index in [1.807, 2.05) is 6.20 Å². The second kappa shape index (κ2) is 6.41. The fourth-order valence-corrected chi connectivity index (χ4v) is 2.78. The van der Waals surface area contributed by atoms with Gasteiger partial charge in [0.25, 0.3) is 0 Å². The van der Waals surface area contributed by atoms with E-state index in [-0.39, 0.29) is 5.60 Å². The van der Waals surface area contributed by atoms with Gasteiger partial charge in [0.15, 0.2) is 0 Å². The number of rotatable bonds is 4. The molecule has 1 saturated heterocycles. The van der Waals surface area contributed by atoms with Gasteiger partial charge in [-0.3, -0.25) is 0 Å². The molecular weight excluding hydrogens is 318 g/mol. The van der Waals surface area contributed by atoms with Gasteiger partial charge < -0.3 is 15.0 Å². The molecule has 0 unspecified atom stereocenters. The van der Waals surface area contributed by atoms with Crippen LogP contribution in [0.15, 0.2) is 16.7 Å². The molecule has 20 heavy (non-hydrogen) atoms. The molecule has 112 valence electrons. The number of aromatic nitrogens is 1. The standard InChI is InChI=1S/C15H24BrN3O/c1-11(2)17-8-12-7-13(16)9-18-14(12)19-5-6-20-15(3,4)10-19/h7,9,11,17H,5-6,8,10H2,1-4H3. The maximum Gasteiger partial charge on any atom is 0.133 e. The minimum Gasteiger partial charge on any atom is -0.372 e. The SMILES string of the molecule is CC(C)NCc1cc(Br)cnc1N1CCOC(C)(C)C1. The lowest BCUT2D eigenvalue weighted by molar-refractivity contribution is -0.0279. The van der Waals surface area contributed by atoms with E-state index in [1.54, 1.807) is 0 Å². The molecular formula is C15H24BrN3O. The van der Waals surface area contributed by atoms with E-state index in [0.29, 0.717) is 6.04 Å². The van der Waals surface area contributed by atoms with E-state index < -0.39 is 0 Å². The molecule has 1 aromatic heterocycles. The van der Waals surface area contributed by atoms with Crippen LogP contribution in [-0.4, -0.2) is 36.3 Å². The summed E-state index contributed by atoms with van der Waals surface area (Å²) in [6.45, 7) is 11.9. The number of hydrogen-bond acceptors (Lipinski definition) is 4. The highest BCUT2D eigenvalue weighted by Crippen LogP contribution is 2.26. The van der Waals surface area contributed by atoms with Crippen LogP contribution in [-0.2, 0) is 11.3 Å². The van der Waals surface area contributed by atoms with Crippen molar-refractivity contribution in [1.29, 1.82) is 0 Å². The number of halogens is 1. The normalized spacial score (nSPS) is 18.6. The van der Waals surface area contributed by atoms with Gasteiger partial charge in [0.05, 0.1) is 12.2 Å². The van der Waals surface area contributed by atoms with Crippen LogP contribution < -0.4 is 10.2 Å². The molecule has 2 rings (SSSR count). The smallest absolute Gasteiger partial charge is 0.133 e. The van der Waals surface area contributed by atoms with Gasteiger partial charge in [0, 0.05) is 41.9 Å². The summed E-state index contributed by atoms with van der Waals surface area (Å²) < 4.78 is 6.81. The molecule has 5 heteroatoms. The van der Waals surface area contributed by atoms with Crippen LogP contribution in [0.2, 0.25) is 0 Å². The van der Waals surface area contributed by atoms with Gasteiger partial charge in [-0.2, -0.15) is 0 Å². The Labute approximate surface area is 130 Å². The second-order valence-electron chi connectivity index (χ2n) is 6.20. The predicted molar refractivity (Wildman–Crippen MR) is 86.2 cm³/mol. The molecule has 0 amide bonds. The van der Waals surface area contributed by atoms with Crippen molar-refractivity contribution < 1.29 is 4.74 Å². The highest BCUT2D eigenvalue weighted by Gasteiger charge is 2.29. The fraction of sp³-hybridized carbons (Fsp3) is 0.667. The third-order valence-electron chi connectivity index (χ3n) is 3.34. The Kier molecular flexibility index (Phi) is 5.04. The minimum absolute atomic E-state index is 0.115. The quantitative estimate of drug-likeness (QED) is 0.913. The summed E-state index contributed by atoms with van der Waals surface area (Å²) in [5.74, 6) is 1.07. The van der Waals surface area contributed by atoms with Crippen molar-refractivity contribution in [1.82, 2.24) is 10.3 Å². The molecule has 0 radical (unpaired) electrons. The van der Waals surface area contributed by atoms with Crippen molar-refractivity contribution in [2.24, 2.45) is 0 Å². The lowest BCUT2D eigenvalue weighted by atomic mass is 10.1. The molecule has 1 N–H and O–H groups in total. The second-order valence-corrected chi connectivity index (χ2v) is 7.12. The molecule has 0 aromatic carbocycles. The van der Waals surface area contributed by atoms with Crippen molar-refractivity contribution in [3.8, 4) is 0 Å². The van der Waals surface area contributed by atoms with Gasteiger partial charge in [0.2, 0.25) is 0 Å². The zero-order valence-electron chi connectivity index (χ0n) is 12.7. The van der Waals surface area contributed by atoms with E-state index in [4.69, 9.17) is 4.74 Å². The van der Waals surface area contributed by atoms with Crippen molar-refractivity contribution in [3.05, 3.63) is 22.3 Å². The first-order valence-corrected chi connectivity index (χ1v) is 7.93. The third-order valence-corrected chi connectivity index (χ3v) is 3.77. The molecule has 1 fully saturated rings. The summed E-state index contributed by atoms with van der Waals surface area (Å²) in [5.41, 5.74) is 1.11. The van der Waals surface area contributed by atoms with Crippen LogP contribution in [0.25, 0.3) is 0 Å². The van der Waals surface area contributed by atoms with Crippen LogP contribution >= 0.6 is 15.9 Å². The Morgan fingerprint density at radius 2 is 2.25 bits per heavy atom. The molecule has 1 aliphatic heterocycles. The molecule has 1 aliphatic rings. The summed E-state index contributed by atoms with van der Waals surface area (Å²) in [5, 5.41) is 3.47. The van der Waals surface area contributed by atoms with E-state index >= 15 is 0 Å². The highest BCUT2D eigenvalue weighted by molar-refractivity contribution is 9.10. The van der Waals surface area contributed by atoms with Crippen molar-refractivity contribution in [3.63, 3.8) is 0 Å². The Morgan fingerprint density at radius 3 is 2.90 bits per heavy atom. The summed E-state index contributed by atoms with van der Waals surface area (Å²) >= 11 is 3.52. The van der Waals surface area contributed by atoms with E-state index in [0.717, 1.165) is 36.5 Å². The number of pyridine rings is 1. The largest absolute Gasteiger partial charge is 0.372 e. The molecule has 1 aromatic rings. The first kappa shape index (κ1) is 15.7. The third kappa shape index (κ3) is 4.17. The van der Waals surface area contributed by atoms with Crippen molar-refractivity contribution >= 4 is 21.7 Å². The van der Waals surface area contributed by atoms with Crippen LogP contribution in [0, 0.1) is 0 Å². The minimum atomic E-state index is -0.115. The van der Waals surface area contributed by atoms with E-state index in [1.165, 1.54) is 5.56 Å². The Balaban J connectivity index is 2.21. The molecule has 0 saturated carbocycles. The number of hydrogen-bond donors (Lipinski definition) is 1. The fourth-order valence-electron chi connectivity index (χ4n) is 2.40. The first-order valence-electron chi connectivity index (χ1n) is 7.14. The maximum atomic E-state index is 5.78. The molecule has 0 atom stereocenters. The number of ether oxygens (including phenoxy) is 1.